The fraction of sp³-hybridized carbons (Fsp3) is 0.250. The zero-order valence-electron chi connectivity index (χ0n) is 13.1. The van der Waals surface area contributed by atoms with Crippen molar-refractivity contribution < 1.29 is 9.53 Å². The molecule has 0 unspecified atom stereocenters. The van der Waals surface area contributed by atoms with Gasteiger partial charge in [-0.25, -0.2) is 0 Å². The van der Waals surface area contributed by atoms with Gasteiger partial charge in [0.05, 0.1) is 12.8 Å². The van der Waals surface area contributed by atoms with Crippen LogP contribution in [0.2, 0.25) is 0 Å². The van der Waals surface area contributed by atoms with E-state index in [9.17, 15) is 4.79 Å². The molecule has 1 aliphatic carbocycles. The number of hydrogen-bond acceptors (Lipinski definition) is 5. The van der Waals surface area contributed by atoms with Crippen molar-refractivity contribution >= 4 is 40.3 Å². The summed E-state index contributed by atoms with van der Waals surface area (Å²) in [5, 5.41) is 3.50. The molecule has 8 heteroatoms. The first-order valence-corrected chi connectivity index (χ1v) is 8.70. The topological polar surface area (TPSA) is 88.4 Å². The molecule has 1 heterocycles. The highest BCUT2D eigenvalue weighted by molar-refractivity contribution is 7.80. The molecule has 1 aliphatic rings. The third-order valence-electron chi connectivity index (χ3n) is 3.54. The van der Waals surface area contributed by atoms with Gasteiger partial charge in [-0.1, -0.05) is 0 Å². The Morgan fingerprint density at radius 2 is 2.00 bits per heavy atom. The average Bonchev–Trinajstić information content (AvgIpc) is 3.31. The molecule has 0 aliphatic heterocycles. The normalized spacial score (nSPS) is 13.2. The van der Waals surface area contributed by atoms with Gasteiger partial charge in [0, 0.05) is 10.9 Å². The van der Waals surface area contributed by atoms with Gasteiger partial charge < -0.3 is 15.8 Å². The molecule has 2 aromatic rings. The first kappa shape index (κ1) is 16.5. The zero-order chi connectivity index (χ0) is 17.1. The van der Waals surface area contributed by atoms with E-state index in [0.29, 0.717) is 21.7 Å². The van der Waals surface area contributed by atoms with Gasteiger partial charge in [0.2, 0.25) is 0 Å². The highest BCUT2D eigenvalue weighted by atomic mass is 32.1. The Bertz CT molecular complexity index is 754. The molecule has 126 valence electrons. The largest absolute Gasteiger partial charge is 0.497 e. The number of rotatable bonds is 4. The summed E-state index contributed by atoms with van der Waals surface area (Å²) in [5.74, 6) is 0.472. The van der Waals surface area contributed by atoms with Crippen LogP contribution in [0.1, 0.15) is 22.5 Å². The van der Waals surface area contributed by atoms with E-state index in [1.165, 1.54) is 11.3 Å². The third-order valence-corrected chi connectivity index (χ3v) is 4.96. The molecule has 0 atom stereocenters. The van der Waals surface area contributed by atoms with Gasteiger partial charge in [0.25, 0.3) is 5.91 Å². The monoisotopic (exact) mass is 362 g/mol. The minimum atomic E-state index is -0.308. The van der Waals surface area contributed by atoms with Crippen molar-refractivity contribution in [3.8, 4) is 16.2 Å². The van der Waals surface area contributed by atoms with Crippen LogP contribution in [0.4, 0.5) is 5.69 Å². The maximum Gasteiger partial charge on any atom is 0.281 e. The number of hydrogen-bond donors (Lipinski definition) is 4. The van der Waals surface area contributed by atoms with Gasteiger partial charge in [-0.15, -0.1) is 11.3 Å². The van der Waals surface area contributed by atoms with Crippen LogP contribution in [-0.2, 0) is 0 Å². The number of anilines is 1. The number of nitrogens with one attached hydrogen (secondary N) is 3. The summed E-state index contributed by atoms with van der Waals surface area (Å²) >= 11 is 6.43. The Hall–Kier alpha value is -2.32. The van der Waals surface area contributed by atoms with E-state index in [4.69, 9.17) is 22.7 Å². The third kappa shape index (κ3) is 3.95. The van der Waals surface area contributed by atoms with Crippen molar-refractivity contribution in [1.82, 2.24) is 16.2 Å². The molecule has 0 saturated heterocycles. The molecule has 1 fully saturated rings. The van der Waals surface area contributed by atoms with Crippen LogP contribution in [0.15, 0.2) is 30.3 Å². The minimum absolute atomic E-state index is 0.308. The number of benzene rings is 1. The van der Waals surface area contributed by atoms with Crippen molar-refractivity contribution in [1.29, 1.82) is 0 Å². The SMILES string of the molecule is COc1ccc(-c2cc(N)c(C(=O)NNC(=S)NC3CC3)s2)cc1. The number of methoxy groups -OCH3 is 1. The molecule has 5 N–H and O–H groups in total. The maximum atomic E-state index is 12.3. The fourth-order valence-corrected chi connectivity index (χ4v) is 3.30. The number of hydrazine groups is 1. The van der Waals surface area contributed by atoms with Crippen LogP contribution in [0, 0.1) is 0 Å². The van der Waals surface area contributed by atoms with Crippen LogP contribution in [0.25, 0.3) is 10.4 Å². The quantitative estimate of drug-likeness (QED) is 0.493. The van der Waals surface area contributed by atoms with E-state index in [1.54, 1.807) is 13.2 Å². The number of thiocarbonyl (C=S) groups is 1. The highest BCUT2D eigenvalue weighted by Crippen LogP contribution is 2.33. The van der Waals surface area contributed by atoms with Crippen molar-refractivity contribution in [2.24, 2.45) is 0 Å². The van der Waals surface area contributed by atoms with Gasteiger partial charge in [-0.05, 0) is 61.0 Å². The molecule has 0 radical (unpaired) electrons. The van der Waals surface area contributed by atoms with Gasteiger partial charge >= 0.3 is 0 Å². The number of amides is 1. The molecule has 1 amide bonds. The van der Waals surface area contributed by atoms with E-state index in [0.717, 1.165) is 29.0 Å². The Labute approximate surface area is 149 Å². The maximum absolute atomic E-state index is 12.3. The number of carbonyl (C=O) groups excluding carboxylic acids is 1. The predicted octanol–water partition coefficient (Wildman–Crippen LogP) is 2.28. The number of thiophene rings is 1. The lowest BCUT2D eigenvalue weighted by molar-refractivity contribution is 0.0948. The van der Waals surface area contributed by atoms with E-state index in [2.05, 4.69) is 16.2 Å². The highest BCUT2D eigenvalue weighted by Gasteiger charge is 2.22. The Balaban J connectivity index is 1.65. The number of nitrogens with two attached hydrogens (primary N) is 1. The first-order chi connectivity index (χ1) is 11.6. The molecule has 6 nitrogen and oxygen atoms in total. The van der Waals surface area contributed by atoms with E-state index in [1.807, 2.05) is 24.3 Å². The van der Waals surface area contributed by atoms with Crippen LogP contribution in [0.5, 0.6) is 5.75 Å². The number of carbonyl (C=O) groups is 1. The van der Waals surface area contributed by atoms with Crippen LogP contribution in [-0.4, -0.2) is 24.2 Å². The second kappa shape index (κ2) is 7.06. The molecule has 0 spiro atoms. The fourth-order valence-electron chi connectivity index (χ4n) is 2.10. The number of ether oxygens (including phenoxy) is 1. The van der Waals surface area contributed by atoms with Crippen LogP contribution < -0.4 is 26.6 Å². The van der Waals surface area contributed by atoms with Gasteiger partial charge in [-0.3, -0.25) is 15.6 Å². The van der Waals surface area contributed by atoms with Crippen molar-refractivity contribution in [2.75, 3.05) is 12.8 Å². The molecule has 1 aromatic heterocycles. The van der Waals surface area contributed by atoms with Gasteiger partial charge in [-0.2, -0.15) is 0 Å². The predicted molar refractivity (Wildman–Crippen MR) is 100 cm³/mol. The smallest absolute Gasteiger partial charge is 0.281 e. The lowest BCUT2D eigenvalue weighted by Crippen LogP contribution is -2.47. The molecule has 24 heavy (non-hydrogen) atoms. The average molecular weight is 362 g/mol. The van der Waals surface area contributed by atoms with E-state index in [-0.39, 0.29) is 5.91 Å². The summed E-state index contributed by atoms with van der Waals surface area (Å²) in [7, 11) is 1.62. The molecular formula is C16H18N4O2S2. The van der Waals surface area contributed by atoms with Gasteiger partial charge in [0.1, 0.15) is 10.6 Å². The lowest BCUT2D eigenvalue weighted by Gasteiger charge is -2.10. The summed E-state index contributed by atoms with van der Waals surface area (Å²) in [5.41, 5.74) is 12.7. The Morgan fingerprint density at radius 1 is 1.29 bits per heavy atom. The van der Waals surface area contributed by atoms with Crippen molar-refractivity contribution in [3.05, 3.63) is 35.2 Å². The molecular weight excluding hydrogens is 344 g/mol. The zero-order valence-corrected chi connectivity index (χ0v) is 14.7. The summed E-state index contributed by atoms with van der Waals surface area (Å²) in [6, 6.07) is 9.82. The minimum Gasteiger partial charge on any atom is -0.497 e. The van der Waals surface area contributed by atoms with E-state index < -0.39 is 0 Å². The molecule has 1 saturated carbocycles. The second-order valence-corrected chi connectivity index (χ2v) is 6.91. The Kier molecular flexibility index (Phi) is 4.86. The molecule has 3 rings (SSSR count). The lowest BCUT2D eigenvalue weighted by atomic mass is 10.2. The second-order valence-electron chi connectivity index (χ2n) is 5.45. The van der Waals surface area contributed by atoms with Crippen molar-refractivity contribution in [2.45, 2.75) is 18.9 Å². The van der Waals surface area contributed by atoms with Crippen LogP contribution in [0.3, 0.4) is 0 Å². The standard InChI is InChI=1S/C16H18N4O2S2/c1-22-11-6-2-9(3-7-11)13-8-12(17)14(24-13)15(21)19-20-16(23)18-10-4-5-10/h2-3,6-8,10H,4-5,17H2,1H3,(H,19,21)(H2,18,20,23). The summed E-state index contributed by atoms with van der Waals surface area (Å²) in [6.07, 6.45) is 2.22. The summed E-state index contributed by atoms with van der Waals surface area (Å²) in [6.45, 7) is 0. The summed E-state index contributed by atoms with van der Waals surface area (Å²) < 4.78 is 5.15. The first-order valence-electron chi connectivity index (χ1n) is 7.47. The Morgan fingerprint density at radius 3 is 2.62 bits per heavy atom. The number of nitrogen functional groups attached to an aromatic ring is 1. The van der Waals surface area contributed by atoms with E-state index >= 15 is 0 Å². The molecule has 0 bridgehead atoms. The summed E-state index contributed by atoms with van der Waals surface area (Å²) in [4.78, 5) is 13.6. The molecule has 1 aromatic carbocycles. The van der Waals surface area contributed by atoms with Crippen LogP contribution >= 0.6 is 23.6 Å². The van der Waals surface area contributed by atoms with Gasteiger partial charge in [0.15, 0.2) is 5.11 Å². The van der Waals surface area contributed by atoms with Crippen molar-refractivity contribution in [3.63, 3.8) is 0 Å².